The SMILES string of the molecule is Cc1ccc(NC(=O)CS(=O)(=O)c2ccc(Cl)s2)cc1F. The highest BCUT2D eigenvalue weighted by Crippen LogP contribution is 2.26. The lowest BCUT2D eigenvalue weighted by Gasteiger charge is -2.06. The van der Waals surface area contributed by atoms with Gasteiger partial charge >= 0.3 is 0 Å². The third kappa shape index (κ3) is 4.03. The van der Waals surface area contributed by atoms with Crippen LogP contribution < -0.4 is 5.32 Å². The average Bonchev–Trinajstić information content (AvgIpc) is 2.81. The summed E-state index contributed by atoms with van der Waals surface area (Å²) in [6.07, 6.45) is 0. The molecule has 0 unspecified atom stereocenters. The summed E-state index contributed by atoms with van der Waals surface area (Å²) >= 11 is 6.56. The summed E-state index contributed by atoms with van der Waals surface area (Å²) in [6, 6.07) is 6.94. The van der Waals surface area contributed by atoms with Crippen molar-refractivity contribution < 1.29 is 17.6 Å². The van der Waals surface area contributed by atoms with Crippen molar-refractivity contribution in [3.05, 3.63) is 46.0 Å². The fraction of sp³-hybridized carbons (Fsp3) is 0.154. The van der Waals surface area contributed by atoms with Crippen molar-refractivity contribution >= 4 is 44.4 Å². The van der Waals surface area contributed by atoms with Crippen LogP contribution >= 0.6 is 22.9 Å². The molecule has 0 bridgehead atoms. The molecule has 0 saturated heterocycles. The number of rotatable bonds is 4. The van der Waals surface area contributed by atoms with E-state index >= 15 is 0 Å². The summed E-state index contributed by atoms with van der Waals surface area (Å²) in [7, 11) is -3.75. The van der Waals surface area contributed by atoms with Crippen molar-refractivity contribution in [3.63, 3.8) is 0 Å². The minimum absolute atomic E-state index is 0.0257. The Balaban J connectivity index is 2.09. The Morgan fingerprint density at radius 3 is 2.62 bits per heavy atom. The van der Waals surface area contributed by atoms with Gasteiger partial charge in [0, 0.05) is 5.69 Å². The predicted octanol–water partition coefficient (Wildman–Crippen LogP) is 3.26. The number of benzene rings is 1. The highest BCUT2D eigenvalue weighted by molar-refractivity contribution is 7.94. The zero-order chi connectivity index (χ0) is 15.6. The van der Waals surface area contributed by atoms with E-state index in [1.165, 1.54) is 24.3 Å². The summed E-state index contributed by atoms with van der Waals surface area (Å²) in [5.41, 5.74) is 0.649. The van der Waals surface area contributed by atoms with Gasteiger partial charge in [-0.3, -0.25) is 4.79 Å². The van der Waals surface area contributed by atoms with Gasteiger partial charge in [0.05, 0.1) is 4.34 Å². The van der Waals surface area contributed by atoms with Crippen molar-refractivity contribution in [2.45, 2.75) is 11.1 Å². The summed E-state index contributed by atoms with van der Waals surface area (Å²) in [5, 5.41) is 2.36. The standard InChI is InChI=1S/C13H11ClFNO3S2/c1-8-2-3-9(6-10(8)15)16-12(17)7-21(18,19)13-5-4-11(14)20-13/h2-6H,7H2,1H3,(H,16,17). The van der Waals surface area contributed by atoms with Crippen LogP contribution in [0.2, 0.25) is 4.34 Å². The number of hydrogen-bond acceptors (Lipinski definition) is 4. The van der Waals surface area contributed by atoms with Crippen LogP contribution in [0.4, 0.5) is 10.1 Å². The molecule has 112 valence electrons. The maximum Gasteiger partial charge on any atom is 0.239 e. The van der Waals surface area contributed by atoms with E-state index in [2.05, 4.69) is 5.32 Å². The largest absolute Gasteiger partial charge is 0.325 e. The first-order chi connectivity index (χ1) is 9.78. The van der Waals surface area contributed by atoms with Gasteiger partial charge in [0.15, 0.2) is 9.84 Å². The lowest BCUT2D eigenvalue weighted by atomic mass is 10.2. The molecule has 1 N–H and O–H groups in total. The topological polar surface area (TPSA) is 63.2 Å². The molecule has 2 rings (SSSR count). The maximum atomic E-state index is 13.4. The summed E-state index contributed by atoms with van der Waals surface area (Å²) in [6.45, 7) is 1.59. The molecule has 0 aliphatic carbocycles. The molecule has 0 radical (unpaired) electrons. The van der Waals surface area contributed by atoms with Gasteiger partial charge in [-0.1, -0.05) is 17.7 Å². The summed E-state index contributed by atoms with van der Waals surface area (Å²) < 4.78 is 37.7. The van der Waals surface area contributed by atoms with Crippen LogP contribution in [0.5, 0.6) is 0 Å². The number of thiophene rings is 1. The highest BCUT2D eigenvalue weighted by Gasteiger charge is 2.21. The van der Waals surface area contributed by atoms with Gasteiger partial charge in [0.25, 0.3) is 0 Å². The van der Waals surface area contributed by atoms with Crippen LogP contribution in [0, 0.1) is 12.7 Å². The number of hydrogen-bond donors (Lipinski definition) is 1. The second-order valence-corrected chi connectivity index (χ2v) is 8.26. The third-order valence-electron chi connectivity index (χ3n) is 2.63. The number of halogens is 2. The van der Waals surface area contributed by atoms with Gasteiger partial charge in [-0.25, -0.2) is 12.8 Å². The molecule has 8 heteroatoms. The number of carbonyl (C=O) groups is 1. The molecule has 1 aromatic heterocycles. The molecule has 0 atom stereocenters. The molecule has 1 amide bonds. The summed E-state index contributed by atoms with van der Waals surface area (Å²) in [4.78, 5) is 11.8. The zero-order valence-corrected chi connectivity index (χ0v) is 13.3. The van der Waals surface area contributed by atoms with Crippen molar-refractivity contribution in [1.29, 1.82) is 0 Å². The van der Waals surface area contributed by atoms with E-state index < -0.39 is 27.3 Å². The van der Waals surface area contributed by atoms with E-state index in [1.54, 1.807) is 6.92 Å². The Kier molecular flexibility index (Phi) is 4.65. The van der Waals surface area contributed by atoms with Crippen molar-refractivity contribution in [2.75, 3.05) is 11.1 Å². The Hall–Kier alpha value is -1.44. The zero-order valence-electron chi connectivity index (χ0n) is 10.9. The first-order valence-electron chi connectivity index (χ1n) is 5.82. The van der Waals surface area contributed by atoms with Crippen LogP contribution in [-0.4, -0.2) is 20.1 Å². The highest BCUT2D eigenvalue weighted by atomic mass is 35.5. The Morgan fingerprint density at radius 1 is 1.33 bits per heavy atom. The molecule has 4 nitrogen and oxygen atoms in total. The third-order valence-corrected chi connectivity index (χ3v) is 6.06. The molecule has 0 aliphatic rings. The van der Waals surface area contributed by atoms with Crippen LogP contribution in [0.1, 0.15) is 5.56 Å². The Morgan fingerprint density at radius 2 is 2.05 bits per heavy atom. The van der Waals surface area contributed by atoms with Gasteiger partial charge in [0.1, 0.15) is 15.8 Å². The fourth-order valence-corrected chi connectivity index (χ4v) is 4.28. The van der Waals surface area contributed by atoms with E-state index in [4.69, 9.17) is 11.6 Å². The molecular weight excluding hydrogens is 337 g/mol. The molecule has 0 fully saturated rings. The molecular formula is C13H11ClFNO3S2. The van der Waals surface area contributed by atoms with E-state index in [0.29, 0.717) is 9.90 Å². The van der Waals surface area contributed by atoms with Crippen molar-refractivity contribution in [2.24, 2.45) is 0 Å². The van der Waals surface area contributed by atoms with E-state index in [-0.39, 0.29) is 9.90 Å². The van der Waals surface area contributed by atoms with Crippen molar-refractivity contribution in [1.82, 2.24) is 0 Å². The second-order valence-electron chi connectivity index (χ2n) is 4.33. The molecule has 2 aromatic rings. The molecule has 0 aliphatic heterocycles. The van der Waals surface area contributed by atoms with Crippen LogP contribution in [0.15, 0.2) is 34.5 Å². The fourth-order valence-electron chi connectivity index (χ4n) is 1.58. The summed E-state index contributed by atoms with van der Waals surface area (Å²) in [5.74, 6) is -1.93. The minimum Gasteiger partial charge on any atom is -0.325 e. The molecule has 0 spiro atoms. The lowest BCUT2D eigenvalue weighted by Crippen LogP contribution is -2.22. The monoisotopic (exact) mass is 347 g/mol. The predicted molar refractivity (Wildman–Crippen MR) is 81.1 cm³/mol. The molecule has 1 aromatic carbocycles. The number of sulfone groups is 1. The quantitative estimate of drug-likeness (QED) is 0.923. The number of carbonyl (C=O) groups excluding carboxylic acids is 1. The Labute approximate surface area is 130 Å². The second kappa shape index (κ2) is 6.13. The van der Waals surface area contributed by atoms with Gasteiger partial charge in [-0.05, 0) is 36.8 Å². The van der Waals surface area contributed by atoms with Crippen LogP contribution in [0.25, 0.3) is 0 Å². The van der Waals surface area contributed by atoms with Gasteiger partial charge in [-0.2, -0.15) is 0 Å². The molecule has 1 heterocycles. The van der Waals surface area contributed by atoms with E-state index in [9.17, 15) is 17.6 Å². The normalized spacial score (nSPS) is 11.4. The number of anilines is 1. The number of amides is 1. The molecule has 21 heavy (non-hydrogen) atoms. The average molecular weight is 348 g/mol. The first-order valence-corrected chi connectivity index (χ1v) is 8.67. The number of aryl methyl sites for hydroxylation is 1. The van der Waals surface area contributed by atoms with Gasteiger partial charge in [-0.15, -0.1) is 11.3 Å². The van der Waals surface area contributed by atoms with Gasteiger partial charge in [0.2, 0.25) is 5.91 Å². The van der Waals surface area contributed by atoms with Crippen LogP contribution in [0.3, 0.4) is 0 Å². The van der Waals surface area contributed by atoms with E-state index in [0.717, 1.165) is 17.4 Å². The van der Waals surface area contributed by atoms with E-state index in [1.807, 2.05) is 0 Å². The first kappa shape index (κ1) is 15.9. The smallest absolute Gasteiger partial charge is 0.239 e. The Bertz CT molecular complexity index is 786. The van der Waals surface area contributed by atoms with Gasteiger partial charge < -0.3 is 5.32 Å². The van der Waals surface area contributed by atoms with Crippen molar-refractivity contribution in [3.8, 4) is 0 Å². The van der Waals surface area contributed by atoms with Crippen LogP contribution in [-0.2, 0) is 14.6 Å². The lowest BCUT2D eigenvalue weighted by molar-refractivity contribution is -0.113. The molecule has 0 saturated carbocycles. The maximum absolute atomic E-state index is 13.4. The minimum atomic E-state index is -3.75. The number of nitrogens with one attached hydrogen (secondary N) is 1.